The summed E-state index contributed by atoms with van der Waals surface area (Å²) in [5.41, 5.74) is 12.8. The van der Waals surface area contributed by atoms with Gasteiger partial charge in [-0.25, -0.2) is 19.9 Å². The number of hydrogen-bond acceptors (Lipinski definition) is 10. The van der Waals surface area contributed by atoms with Gasteiger partial charge in [0.15, 0.2) is 5.03 Å². The number of guanidine groups is 1. The Hall–Kier alpha value is -3.73. The van der Waals surface area contributed by atoms with E-state index in [1.807, 2.05) is 6.92 Å². The van der Waals surface area contributed by atoms with Crippen molar-refractivity contribution in [3.8, 4) is 0 Å². The van der Waals surface area contributed by atoms with Crippen LogP contribution < -0.4 is 27.5 Å². The van der Waals surface area contributed by atoms with Gasteiger partial charge in [0.05, 0.1) is 19.2 Å². The van der Waals surface area contributed by atoms with E-state index in [-0.39, 0.29) is 56.8 Å². The largest absolute Gasteiger partial charge is 0.464 e. The van der Waals surface area contributed by atoms with Crippen LogP contribution in [0, 0.1) is 10.1 Å². The predicted molar refractivity (Wildman–Crippen MR) is 157 cm³/mol. The maximum absolute atomic E-state index is 13.2. The van der Waals surface area contributed by atoms with Gasteiger partial charge in [0, 0.05) is 19.6 Å². The van der Waals surface area contributed by atoms with Crippen molar-refractivity contribution in [3.63, 3.8) is 0 Å². The zero-order valence-electron chi connectivity index (χ0n) is 24.6. The molecular formula is C25H44ClN9O8. The maximum atomic E-state index is 13.2. The van der Waals surface area contributed by atoms with Crippen LogP contribution in [0.15, 0.2) is 4.99 Å². The molecule has 2 rings (SSSR count). The number of rotatable bonds is 15. The molecule has 4 amide bonds. The van der Waals surface area contributed by atoms with Crippen molar-refractivity contribution in [3.05, 3.63) is 10.1 Å². The number of esters is 1. The molecule has 2 heterocycles. The normalized spacial score (nSPS) is 19.6. The lowest BCUT2D eigenvalue weighted by Gasteiger charge is -2.27. The number of hydrogen-bond donors (Lipinski definition) is 5. The zero-order valence-corrected chi connectivity index (χ0v) is 25.4. The Morgan fingerprint density at radius 3 is 2.30 bits per heavy atom. The zero-order chi connectivity index (χ0) is 31.2. The minimum atomic E-state index is -1.03. The number of hydrazine groups is 1. The van der Waals surface area contributed by atoms with Crippen molar-refractivity contribution in [1.29, 1.82) is 0 Å². The monoisotopic (exact) mass is 633 g/mol. The first-order valence-corrected chi connectivity index (χ1v) is 14.3. The van der Waals surface area contributed by atoms with Gasteiger partial charge in [-0.2, -0.15) is 0 Å². The van der Waals surface area contributed by atoms with Crippen LogP contribution in [0.3, 0.4) is 0 Å². The standard InChI is InChI=1S/C25H43N9O8.ClH/c1-3-4-14-42-24(39)17(8-5-11-28-25(27)31-34(40)41)30-22(37)19-10-6-12-32(19)20(35)15-29-21(36)18-9-7-13-33(18)23(38)16(2)26;/h16-19H,3-15,26H2,1-2H3,(H,29,36)(H,30,37)(H3,27,28,31);1H/t16-,17-,18-,19-;/m0./s1. The van der Waals surface area contributed by atoms with E-state index >= 15 is 0 Å². The van der Waals surface area contributed by atoms with E-state index in [4.69, 9.17) is 16.2 Å². The van der Waals surface area contributed by atoms with Crippen molar-refractivity contribution < 1.29 is 33.7 Å². The molecule has 2 saturated heterocycles. The molecule has 0 bridgehead atoms. The van der Waals surface area contributed by atoms with Gasteiger partial charge in [-0.1, -0.05) is 18.8 Å². The number of aliphatic imine (C=N–C) groups is 1. The molecule has 0 aromatic carbocycles. The molecule has 2 fully saturated rings. The fourth-order valence-corrected chi connectivity index (χ4v) is 4.84. The van der Waals surface area contributed by atoms with Crippen molar-refractivity contribution in [1.82, 2.24) is 25.9 Å². The second-order valence-electron chi connectivity index (χ2n) is 10.3. The van der Waals surface area contributed by atoms with Crippen LogP contribution in [-0.4, -0.2) is 107 Å². The van der Waals surface area contributed by atoms with Gasteiger partial charge in [-0.15, -0.1) is 12.4 Å². The molecule has 244 valence electrons. The second-order valence-corrected chi connectivity index (χ2v) is 10.3. The first-order valence-electron chi connectivity index (χ1n) is 14.3. The number of likely N-dealkylation sites (tertiary alicyclic amines) is 2. The number of ether oxygens (including phenoxy) is 1. The van der Waals surface area contributed by atoms with Crippen LogP contribution in [0.5, 0.6) is 0 Å². The second kappa shape index (κ2) is 18.7. The first kappa shape index (κ1) is 37.3. The van der Waals surface area contributed by atoms with Crippen molar-refractivity contribution in [2.45, 2.75) is 89.4 Å². The van der Waals surface area contributed by atoms with Gasteiger partial charge in [-0.3, -0.25) is 19.2 Å². The Labute approximate surface area is 256 Å². The number of amides is 4. The lowest BCUT2D eigenvalue weighted by atomic mass is 10.1. The van der Waals surface area contributed by atoms with Crippen molar-refractivity contribution >= 4 is 48.0 Å². The Morgan fingerprint density at radius 1 is 1.07 bits per heavy atom. The summed E-state index contributed by atoms with van der Waals surface area (Å²) in [6, 6.07) is -3.32. The molecule has 7 N–H and O–H groups in total. The van der Waals surface area contributed by atoms with Crippen LogP contribution in [0.4, 0.5) is 0 Å². The highest BCUT2D eigenvalue weighted by molar-refractivity contribution is 5.94. The number of carbonyl (C=O) groups is 5. The van der Waals surface area contributed by atoms with Crippen LogP contribution in [-0.2, 0) is 28.7 Å². The Bertz CT molecular complexity index is 1030. The Morgan fingerprint density at radius 2 is 1.70 bits per heavy atom. The predicted octanol–water partition coefficient (Wildman–Crippen LogP) is -1.44. The van der Waals surface area contributed by atoms with E-state index in [9.17, 15) is 34.1 Å². The Balaban J connectivity index is 0.00000924. The summed E-state index contributed by atoms with van der Waals surface area (Å²) < 4.78 is 5.29. The third-order valence-corrected chi connectivity index (χ3v) is 7.00. The van der Waals surface area contributed by atoms with Gasteiger partial charge < -0.3 is 36.6 Å². The summed E-state index contributed by atoms with van der Waals surface area (Å²) >= 11 is 0. The maximum Gasteiger partial charge on any atom is 0.328 e. The van der Waals surface area contributed by atoms with Gasteiger partial charge in [0.1, 0.15) is 18.1 Å². The molecule has 0 aromatic heterocycles. The summed E-state index contributed by atoms with van der Waals surface area (Å²) in [4.78, 5) is 81.0. The molecule has 18 heteroatoms. The number of carbonyl (C=O) groups excluding carboxylic acids is 5. The van der Waals surface area contributed by atoms with Crippen LogP contribution in [0.25, 0.3) is 0 Å². The van der Waals surface area contributed by atoms with Gasteiger partial charge >= 0.3 is 5.97 Å². The van der Waals surface area contributed by atoms with Crippen LogP contribution in [0.1, 0.15) is 65.2 Å². The summed E-state index contributed by atoms with van der Waals surface area (Å²) in [6.45, 7) is 4.09. The quantitative estimate of drug-likeness (QED) is 0.0349. The van der Waals surface area contributed by atoms with E-state index in [0.717, 1.165) is 6.42 Å². The highest BCUT2D eigenvalue weighted by Crippen LogP contribution is 2.20. The fraction of sp³-hybridized carbons (Fsp3) is 0.760. The van der Waals surface area contributed by atoms with E-state index in [0.29, 0.717) is 45.2 Å². The Kier molecular flexibility index (Phi) is 16.2. The first-order chi connectivity index (χ1) is 20.0. The highest BCUT2D eigenvalue weighted by Gasteiger charge is 2.38. The van der Waals surface area contributed by atoms with Gasteiger partial charge in [0.2, 0.25) is 23.6 Å². The number of nitrogens with zero attached hydrogens (tertiary/aromatic N) is 4. The molecular weight excluding hydrogens is 590 g/mol. The number of halogens is 1. The van der Waals surface area contributed by atoms with E-state index in [2.05, 4.69) is 15.6 Å². The highest BCUT2D eigenvalue weighted by atomic mass is 35.5. The average molecular weight is 634 g/mol. The molecule has 17 nitrogen and oxygen atoms in total. The third-order valence-electron chi connectivity index (χ3n) is 7.00. The lowest BCUT2D eigenvalue weighted by molar-refractivity contribution is -0.525. The summed E-state index contributed by atoms with van der Waals surface area (Å²) in [5.74, 6) is -2.81. The summed E-state index contributed by atoms with van der Waals surface area (Å²) in [6.07, 6.45) is 3.88. The smallest absolute Gasteiger partial charge is 0.328 e. The van der Waals surface area contributed by atoms with E-state index < -0.39 is 52.9 Å². The summed E-state index contributed by atoms with van der Waals surface area (Å²) in [5, 5.41) is 14.9. The van der Waals surface area contributed by atoms with Gasteiger partial charge in [0.25, 0.3) is 5.96 Å². The van der Waals surface area contributed by atoms with E-state index in [1.165, 1.54) is 9.80 Å². The SMILES string of the molecule is CCCCOC(=O)[C@H](CCCN=C(N)N[N+](=O)[O-])NC(=O)[C@@H]1CCCN1C(=O)CNC(=O)[C@@H]1CCCN1C(=O)[C@H](C)N.Cl. The van der Waals surface area contributed by atoms with Gasteiger partial charge in [-0.05, 0) is 51.9 Å². The number of unbranched alkanes of at least 4 members (excludes halogenated alkanes) is 1. The topological polar surface area (TPSA) is 245 Å². The molecule has 0 unspecified atom stereocenters. The molecule has 2 aliphatic heterocycles. The minimum Gasteiger partial charge on any atom is -0.464 e. The molecule has 43 heavy (non-hydrogen) atoms. The van der Waals surface area contributed by atoms with Crippen molar-refractivity contribution in [2.75, 3.05) is 32.8 Å². The molecule has 0 aliphatic carbocycles. The number of nitrogens with two attached hydrogens (primary N) is 2. The average Bonchev–Trinajstić information content (AvgIpc) is 3.63. The van der Waals surface area contributed by atoms with Crippen LogP contribution >= 0.6 is 12.4 Å². The van der Waals surface area contributed by atoms with Crippen LogP contribution in [0.2, 0.25) is 0 Å². The molecule has 0 radical (unpaired) electrons. The molecule has 2 aliphatic rings. The van der Waals surface area contributed by atoms with E-state index in [1.54, 1.807) is 12.3 Å². The molecule has 0 aromatic rings. The fourth-order valence-electron chi connectivity index (χ4n) is 4.84. The third kappa shape index (κ3) is 11.8. The number of nitro groups is 1. The number of nitrogens with one attached hydrogen (secondary N) is 3. The molecule has 4 atom stereocenters. The molecule has 0 spiro atoms. The summed E-state index contributed by atoms with van der Waals surface area (Å²) in [7, 11) is 0. The minimum absolute atomic E-state index is 0. The lowest BCUT2D eigenvalue weighted by Crippen LogP contribution is -2.54. The molecule has 0 saturated carbocycles. The van der Waals surface area contributed by atoms with Crippen molar-refractivity contribution in [2.24, 2.45) is 16.5 Å².